The third-order valence-electron chi connectivity index (χ3n) is 3.36. The van der Waals surface area contributed by atoms with Crippen molar-refractivity contribution < 1.29 is 18.0 Å². The van der Waals surface area contributed by atoms with Crippen molar-refractivity contribution in [3.05, 3.63) is 64.0 Å². The van der Waals surface area contributed by atoms with Gasteiger partial charge < -0.3 is 5.32 Å². The zero-order valence-electron chi connectivity index (χ0n) is 13.4. The van der Waals surface area contributed by atoms with Crippen LogP contribution in [0.3, 0.4) is 0 Å². The number of rotatable bonds is 4. The number of nitrogens with one attached hydrogen (secondary N) is 1. The minimum Gasteiger partial charge on any atom is -0.321 e. The lowest BCUT2D eigenvalue weighted by Gasteiger charge is -2.09. The number of nitriles is 1. The number of amides is 1. The van der Waals surface area contributed by atoms with Crippen molar-refractivity contribution >= 4 is 40.3 Å². The molecule has 3 aromatic rings. The van der Waals surface area contributed by atoms with Gasteiger partial charge in [-0.2, -0.15) is 18.4 Å². The predicted octanol–water partition coefficient (Wildman–Crippen LogP) is 5.44. The normalized spacial score (nSPS) is 11.9. The van der Waals surface area contributed by atoms with Crippen LogP contribution in [0.5, 0.6) is 0 Å². The van der Waals surface area contributed by atoms with Crippen molar-refractivity contribution in [1.82, 2.24) is 4.98 Å². The summed E-state index contributed by atoms with van der Waals surface area (Å²) in [6.07, 6.45) is -3.22. The van der Waals surface area contributed by atoms with Crippen LogP contribution in [0.25, 0.3) is 16.0 Å². The Morgan fingerprint density at radius 3 is 2.70 bits per heavy atom. The molecule has 0 aliphatic heterocycles. The number of carbonyl (C=O) groups excluding carboxylic acids is 1. The molecule has 136 valence electrons. The van der Waals surface area contributed by atoms with Crippen LogP contribution < -0.4 is 5.32 Å². The molecule has 0 unspecified atom stereocenters. The number of thiophene rings is 1. The average molecular weight is 405 g/mol. The van der Waals surface area contributed by atoms with E-state index in [0.717, 1.165) is 22.0 Å². The van der Waals surface area contributed by atoms with Crippen LogP contribution >= 0.6 is 22.7 Å². The standard InChI is InChI=1S/C18H10F3N3OS2/c19-18(20,21)12-3-1-4-13(8-12)23-16(25)11(9-22)7-14-10-27-17(24-14)15-5-2-6-26-15/h1-8,10H,(H,23,25)/b11-7-. The highest BCUT2D eigenvalue weighted by atomic mass is 32.1. The lowest BCUT2D eigenvalue weighted by molar-refractivity contribution is -0.137. The predicted molar refractivity (Wildman–Crippen MR) is 99.1 cm³/mol. The van der Waals surface area contributed by atoms with Gasteiger partial charge >= 0.3 is 6.18 Å². The number of halogens is 3. The van der Waals surface area contributed by atoms with Gasteiger partial charge in [0.2, 0.25) is 0 Å². The van der Waals surface area contributed by atoms with E-state index in [9.17, 15) is 23.2 Å². The second kappa shape index (κ2) is 7.73. The fourth-order valence-electron chi connectivity index (χ4n) is 2.13. The Balaban J connectivity index is 1.79. The minimum absolute atomic E-state index is 0.0477. The maximum atomic E-state index is 12.8. The molecule has 2 heterocycles. The van der Waals surface area contributed by atoms with Gasteiger partial charge in [-0.25, -0.2) is 4.98 Å². The molecule has 0 bridgehead atoms. The summed E-state index contributed by atoms with van der Waals surface area (Å²) in [5.74, 6) is -0.803. The van der Waals surface area contributed by atoms with E-state index in [-0.39, 0.29) is 11.3 Å². The maximum Gasteiger partial charge on any atom is 0.416 e. The first-order chi connectivity index (χ1) is 12.9. The van der Waals surface area contributed by atoms with E-state index in [1.807, 2.05) is 17.5 Å². The molecule has 4 nitrogen and oxygen atoms in total. The van der Waals surface area contributed by atoms with Crippen LogP contribution in [0.1, 0.15) is 11.3 Å². The average Bonchev–Trinajstić information content (AvgIpc) is 3.30. The van der Waals surface area contributed by atoms with E-state index in [1.54, 1.807) is 11.4 Å². The number of alkyl halides is 3. The number of hydrogen-bond donors (Lipinski definition) is 1. The molecule has 0 spiro atoms. The smallest absolute Gasteiger partial charge is 0.321 e. The van der Waals surface area contributed by atoms with Crippen LogP contribution in [0.4, 0.5) is 18.9 Å². The Kier molecular flexibility index (Phi) is 5.39. The summed E-state index contributed by atoms with van der Waals surface area (Å²) in [6, 6.07) is 9.76. The van der Waals surface area contributed by atoms with Crippen molar-refractivity contribution in [2.24, 2.45) is 0 Å². The summed E-state index contributed by atoms with van der Waals surface area (Å²) in [4.78, 5) is 17.6. The summed E-state index contributed by atoms with van der Waals surface area (Å²) >= 11 is 2.89. The number of anilines is 1. The second-order valence-corrected chi connectivity index (χ2v) is 7.06. The molecule has 0 fully saturated rings. The number of nitrogens with zero attached hydrogens (tertiary/aromatic N) is 2. The van der Waals surface area contributed by atoms with Crippen LogP contribution in [-0.4, -0.2) is 10.9 Å². The lowest BCUT2D eigenvalue weighted by Crippen LogP contribution is -2.14. The van der Waals surface area contributed by atoms with Crippen molar-refractivity contribution in [2.75, 3.05) is 5.32 Å². The summed E-state index contributed by atoms with van der Waals surface area (Å²) in [6.45, 7) is 0. The van der Waals surface area contributed by atoms with Gasteiger partial charge in [0, 0.05) is 11.1 Å². The van der Waals surface area contributed by atoms with Gasteiger partial charge in [0.25, 0.3) is 5.91 Å². The van der Waals surface area contributed by atoms with Crippen molar-refractivity contribution in [3.8, 4) is 16.0 Å². The van der Waals surface area contributed by atoms with Gasteiger partial charge in [-0.05, 0) is 35.7 Å². The summed E-state index contributed by atoms with van der Waals surface area (Å²) in [5.41, 5.74) is -0.758. The lowest BCUT2D eigenvalue weighted by atomic mass is 10.1. The molecule has 3 rings (SSSR count). The van der Waals surface area contributed by atoms with E-state index in [2.05, 4.69) is 10.3 Å². The summed E-state index contributed by atoms with van der Waals surface area (Å²) < 4.78 is 38.3. The minimum atomic E-state index is -4.52. The first-order valence-electron chi connectivity index (χ1n) is 7.46. The fourth-order valence-corrected chi connectivity index (χ4v) is 3.73. The first kappa shape index (κ1) is 18.8. The quantitative estimate of drug-likeness (QED) is 0.465. The molecule has 0 saturated heterocycles. The SMILES string of the molecule is N#C/C(=C/c1csc(-c2cccs2)n1)C(=O)Nc1cccc(C(F)(F)F)c1. The number of carbonyl (C=O) groups is 1. The number of hydrogen-bond acceptors (Lipinski definition) is 5. The van der Waals surface area contributed by atoms with E-state index < -0.39 is 17.6 Å². The first-order valence-corrected chi connectivity index (χ1v) is 9.22. The summed E-state index contributed by atoms with van der Waals surface area (Å²) in [5, 5.41) is 15.9. The Bertz CT molecular complexity index is 1030. The monoisotopic (exact) mass is 405 g/mol. The van der Waals surface area contributed by atoms with Gasteiger partial charge in [0.05, 0.1) is 16.1 Å². The van der Waals surface area contributed by atoms with Gasteiger partial charge in [0.1, 0.15) is 16.6 Å². The van der Waals surface area contributed by atoms with E-state index in [4.69, 9.17) is 0 Å². The van der Waals surface area contributed by atoms with Crippen LogP contribution in [-0.2, 0) is 11.0 Å². The molecule has 1 N–H and O–H groups in total. The van der Waals surface area contributed by atoms with Crippen molar-refractivity contribution in [2.45, 2.75) is 6.18 Å². The molecular weight excluding hydrogens is 395 g/mol. The number of benzene rings is 1. The zero-order chi connectivity index (χ0) is 19.4. The molecular formula is C18H10F3N3OS2. The molecule has 2 aromatic heterocycles. The van der Waals surface area contributed by atoms with Crippen LogP contribution in [0.2, 0.25) is 0 Å². The Morgan fingerprint density at radius 1 is 1.22 bits per heavy atom. The van der Waals surface area contributed by atoms with Gasteiger partial charge in [-0.15, -0.1) is 22.7 Å². The molecule has 27 heavy (non-hydrogen) atoms. The fraction of sp³-hybridized carbons (Fsp3) is 0.0556. The third kappa shape index (κ3) is 4.61. The molecule has 1 aromatic carbocycles. The molecule has 0 atom stereocenters. The molecule has 9 heteroatoms. The molecule has 0 aliphatic carbocycles. The Morgan fingerprint density at radius 2 is 2.04 bits per heavy atom. The van der Waals surface area contributed by atoms with Crippen LogP contribution in [0.15, 0.2) is 52.7 Å². The van der Waals surface area contributed by atoms with Gasteiger partial charge in [-0.1, -0.05) is 12.1 Å². The van der Waals surface area contributed by atoms with Crippen molar-refractivity contribution in [3.63, 3.8) is 0 Å². The summed E-state index contributed by atoms with van der Waals surface area (Å²) in [7, 11) is 0. The van der Waals surface area contributed by atoms with E-state index in [0.29, 0.717) is 5.69 Å². The molecule has 0 aliphatic rings. The highest BCUT2D eigenvalue weighted by Gasteiger charge is 2.30. The topological polar surface area (TPSA) is 65.8 Å². The molecule has 0 radical (unpaired) electrons. The molecule has 0 saturated carbocycles. The van der Waals surface area contributed by atoms with Gasteiger partial charge in [-0.3, -0.25) is 4.79 Å². The Hall–Kier alpha value is -2.96. The van der Waals surface area contributed by atoms with E-state index >= 15 is 0 Å². The molecule has 1 amide bonds. The largest absolute Gasteiger partial charge is 0.416 e. The highest BCUT2D eigenvalue weighted by molar-refractivity contribution is 7.20. The van der Waals surface area contributed by atoms with Crippen molar-refractivity contribution in [1.29, 1.82) is 5.26 Å². The number of thiazole rings is 1. The van der Waals surface area contributed by atoms with Crippen LogP contribution in [0, 0.1) is 11.3 Å². The number of aromatic nitrogens is 1. The third-order valence-corrected chi connectivity index (χ3v) is 5.26. The second-order valence-electron chi connectivity index (χ2n) is 5.26. The highest BCUT2D eigenvalue weighted by Crippen LogP contribution is 2.31. The van der Waals surface area contributed by atoms with E-state index in [1.165, 1.54) is 40.9 Å². The van der Waals surface area contributed by atoms with Gasteiger partial charge in [0.15, 0.2) is 0 Å². The zero-order valence-corrected chi connectivity index (χ0v) is 15.1. The Labute approximate surface area is 160 Å². The maximum absolute atomic E-state index is 12.8.